The number of rotatable bonds is 3. The van der Waals surface area contributed by atoms with Gasteiger partial charge in [-0.05, 0) is 38.9 Å². The van der Waals surface area contributed by atoms with Gasteiger partial charge in [0.05, 0.1) is 12.1 Å². The fraction of sp³-hybridized carbons (Fsp3) is 0.933. The second kappa shape index (κ2) is 6.26. The summed E-state index contributed by atoms with van der Waals surface area (Å²) in [5, 5.41) is 6.38. The Morgan fingerprint density at radius 1 is 1.14 bits per heavy atom. The lowest BCUT2D eigenvalue weighted by atomic mass is 10.2. The molecule has 0 spiro atoms. The number of hydrogen-bond donors (Lipinski definition) is 2. The molecule has 6 heteroatoms. The van der Waals surface area contributed by atoms with Crippen LogP contribution in [0.25, 0.3) is 0 Å². The third-order valence-corrected chi connectivity index (χ3v) is 8.62. The molecular weight excluding hydrogens is 284 g/mol. The van der Waals surface area contributed by atoms with Gasteiger partial charge in [-0.25, -0.2) is 4.79 Å². The Bertz CT molecular complexity index is 372. The molecular formula is C15H32N2O3Si. The van der Waals surface area contributed by atoms with Crippen LogP contribution in [0.4, 0.5) is 4.79 Å². The van der Waals surface area contributed by atoms with Crippen molar-refractivity contribution in [3.63, 3.8) is 0 Å². The molecule has 1 aliphatic rings. The Hall–Kier alpha value is -0.593. The molecule has 1 heterocycles. The van der Waals surface area contributed by atoms with Gasteiger partial charge in [0, 0.05) is 13.1 Å². The minimum Gasteiger partial charge on any atom is -0.444 e. The summed E-state index contributed by atoms with van der Waals surface area (Å²) in [5.74, 6) is 0. The second-order valence-corrected chi connectivity index (χ2v) is 13.1. The zero-order valence-electron chi connectivity index (χ0n) is 14.8. The van der Waals surface area contributed by atoms with Crippen LogP contribution in [0.5, 0.6) is 0 Å². The van der Waals surface area contributed by atoms with E-state index in [1.165, 1.54) is 0 Å². The van der Waals surface area contributed by atoms with Gasteiger partial charge in [-0.1, -0.05) is 20.8 Å². The lowest BCUT2D eigenvalue weighted by Gasteiger charge is -2.39. The van der Waals surface area contributed by atoms with E-state index in [0.717, 1.165) is 13.1 Å². The first kappa shape index (κ1) is 18.5. The number of carbonyl (C=O) groups is 1. The van der Waals surface area contributed by atoms with E-state index < -0.39 is 13.9 Å². The summed E-state index contributed by atoms with van der Waals surface area (Å²) in [6.45, 7) is 18.2. The van der Waals surface area contributed by atoms with E-state index >= 15 is 0 Å². The summed E-state index contributed by atoms with van der Waals surface area (Å²) in [5.41, 5.74) is -0.480. The molecule has 21 heavy (non-hydrogen) atoms. The molecule has 1 aliphatic heterocycles. The highest BCUT2D eigenvalue weighted by molar-refractivity contribution is 6.74. The predicted octanol–water partition coefficient (Wildman–Crippen LogP) is 2.87. The van der Waals surface area contributed by atoms with Gasteiger partial charge in [-0.2, -0.15) is 0 Å². The van der Waals surface area contributed by atoms with Gasteiger partial charge in [-0.15, -0.1) is 0 Å². The smallest absolute Gasteiger partial charge is 0.408 e. The number of hydrogen-bond acceptors (Lipinski definition) is 4. The van der Waals surface area contributed by atoms with E-state index in [-0.39, 0.29) is 23.3 Å². The van der Waals surface area contributed by atoms with Crippen LogP contribution in [0.1, 0.15) is 41.5 Å². The van der Waals surface area contributed by atoms with E-state index in [9.17, 15) is 4.79 Å². The van der Waals surface area contributed by atoms with Gasteiger partial charge >= 0.3 is 6.09 Å². The molecule has 1 saturated heterocycles. The Morgan fingerprint density at radius 2 is 1.71 bits per heavy atom. The van der Waals surface area contributed by atoms with Gasteiger partial charge in [0.2, 0.25) is 0 Å². The molecule has 0 radical (unpaired) electrons. The van der Waals surface area contributed by atoms with Crippen molar-refractivity contribution in [2.45, 2.75) is 77.4 Å². The van der Waals surface area contributed by atoms with Crippen molar-refractivity contribution in [1.82, 2.24) is 10.6 Å². The third-order valence-electron chi connectivity index (χ3n) is 4.11. The van der Waals surface area contributed by atoms with Crippen LogP contribution in [0.3, 0.4) is 0 Å². The molecule has 0 aromatic rings. The van der Waals surface area contributed by atoms with Gasteiger partial charge in [0.25, 0.3) is 0 Å². The van der Waals surface area contributed by atoms with Crippen molar-refractivity contribution in [2.75, 3.05) is 13.1 Å². The SMILES string of the molecule is CC(C)(C)OC(=O)NC1CNCC1O[Si](C)(C)C(C)(C)C. The molecule has 0 aromatic heterocycles. The van der Waals surface area contributed by atoms with Crippen molar-refractivity contribution >= 4 is 14.4 Å². The fourth-order valence-corrected chi connectivity index (χ4v) is 3.29. The normalized spacial score (nSPS) is 24.0. The first-order valence-electron chi connectivity index (χ1n) is 7.70. The standard InChI is InChI=1S/C15H32N2O3Si/c1-14(2,3)19-13(18)17-11-9-16-10-12(11)20-21(7,8)15(4,5)6/h11-12,16H,9-10H2,1-8H3,(H,17,18). The number of carbonyl (C=O) groups excluding carboxylic acids is 1. The Balaban J connectivity index is 2.62. The number of nitrogens with one attached hydrogen (secondary N) is 2. The Morgan fingerprint density at radius 3 is 2.19 bits per heavy atom. The predicted molar refractivity (Wildman–Crippen MR) is 88.1 cm³/mol. The average molecular weight is 317 g/mol. The maximum atomic E-state index is 11.9. The van der Waals surface area contributed by atoms with Crippen LogP contribution in [-0.4, -0.2) is 45.2 Å². The fourth-order valence-electron chi connectivity index (χ4n) is 1.94. The van der Waals surface area contributed by atoms with Crippen molar-refractivity contribution in [1.29, 1.82) is 0 Å². The summed E-state index contributed by atoms with van der Waals surface area (Å²) >= 11 is 0. The zero-order valence-corrected chi connectivity index (χ0v) is 15.8. The summed E-state index contributed by atoms with van der Waals surface area (Å²) in [7, 11) is -1.84. The van der Waals surface area contributed by atoms with Gasteiger partial charge in [0.15, 0.2) is 8.32 Å². The van der Waals surface area contributed by atoms with Crippen molar-refractivity contribution in [3.05, 3.63) is 0 Å². The molecule has 124 valence electrons. The summed E-state index contributed by atoms with van der Waals surface area (Å²) in [6.07, 6.45) is -0.363. The highest BCUT2D eigenvalue weighted by Gasteiger charge is 2.42. The van der Waals surface area contributed by atoms with Crippen molar-refractivity contribution < 1.29 is 14.0 Å². The van der Waals surface area contributed by atoms with E-state index in [0.29, 0.717) is 0 Å². The highest BCUT2D eigenvalue weighted by atomic mass is 28.4. The average Bonchev–Trinajstić information content (AvgIpc) is 2.59. The maximum Gasteiger partial charge on any atom is 0.408 e. The summed E-state index contributed by atoms with van der Waals surface area (Å²) < 4.78 is 11.7. The van der Waals surface area contributed by atoms with Crippen LogP contribution >= 0.6 is 0 Å². The second-order valence-electron chi connectivity index (χ2n) is 8.33. The van der Waals surface area contributed by atoms with Crippen LogP contribution < -0.4 is 10.6 Å². The molecule has 2 unspecified atom stereocenters. The Labute approximate surface area is 130 Å². The molecule has 0 aromatic carbocycles. The minimum atomic E-state index is -1.84. The molecule has 2 N–H and O–H groups in total. The van der Waals surface area contributed by atoms with Gasteiger partial charge in [-0.3, -0.25) is 0 Å². The molecule has 1 fully saturated rings. The van der Waals surface area contributed by atoms with Crippen molar-refractivity contribution in [2.24, 2.45) is 0 Å². The highest BCUT2D eigenvalue weighted by Crippen LogP contribution is 2.37. The number of ether oxygens (including phenoxy) is 1. The lowest BCUT2D eigenvalue weighted by Crippen LogP contribution is -2.51. The topological polar surface area (TPSA) is 59.6 Å². The molecule has 0 aliphatic carbocycles. The Kier molecular flexibility index (Phi) is 5.50. The molecule has 1 rings (SSSR count). The van der Waals surface area contributed by atoms with Gasteiger partial charge < -0.3 is 19.8 Å². The maximum absolute atomic E-state index is 11.9. The third kappa shape index (κ3) is 5.60. The monoisotopic (exact) mass is 316 g/mol. The van der Waals surface area contributed by atoms with Crippen LogP contribution in [0.2, 0.25) is 18.1 Å². The lowest BCUT2D eigenvalue weighted by molar-refractivity contribution is 0.0467. The quantitative estimate of drug-likeness (QED) is 0.786. The summed E-state index contributed by atoms with van der Waals surface area (Å²) in [6, 6.07) is -0.0334. The number of amides is 1. The number of alkyl carbamates (subject to hydrolysis) is 1. The molecule has 0 saturated carbocycles. The van der Waals surface area contributed by atoms with Gasteiger partial charge in [0.1, 0.15) is 5.60 Å². The molecule has 1 amide bonds. The first-order valence-corrected chi connectivity index (χ1v) is 10.6. The van der Waals surface area contributed by atoms with E-state index in [2.05, 4.69) is 44.5 Å². The molecule has 2 atom stereocenters. The van der Waals surface area contributed by atoms with Crippen LogP contribution in [0, 0.1) is 0 Å². The molecule has 5 nitrogen and oxygen atoms in total. The van der Waals surface area contributed by atoms with E-state index in [4.69, 9.17) is 9.16 Å². The molecule has 0 bridgehead atoms. The zero-order chi connectivity index (χ0) is 16.5. The minimum absolute atomic E-state index is 0.0124. The first-order chi connectivity index (χ1) is 9.32. The van der Waals surface area contributed by atoms with E-state index in [1.54, 1.807) is 0 Å². The van der Waals surface area contributed by atoms with Crippen LogP contribution in [-0.2, 0) is 9.16 Å². The van der Waals surface area contributed by atoms with Crippen LogP contribution in [0.15, 0.2) is 0 Å². The summed E-state index contributed by atoms with van der Waals surface area (Å²) in [4.78, 5) is 11.9. The van der Waals surface area contributed by atoms with E-state index in [1.807, 2.05) is 20.8 Å². The van der Waals surface area contributed by atoms with Crippen molar-refractivity contribution in [3.8, 4) is 0 Å². The largest absolute Gasteiger partial charge is 0.444 e.